The maximum atomic E-state index is 15.1. The van der Waals surface area contributed by atoms with Crippen LogP contribution >= 0.6 is 0 Å². The Bertz CT molecular complexity index is 2720. The van der Waals surface area contributed by atoms with Crippen LogP contribution in [0.4, 0.5) is 34.8 Å². The Labute approximate surface area is 360 Å². The molecular formula is C45H47F4N9O5. The molecule has 5 aliphatic heterocycles. The highest BCUT2D eigenvalue weighted by atomic mass is 19.3. The van der Waals surface area contributed by atoms with Crippen molar-refractivity contribution in [2.75, 3.05) is 43.1 Å². The SMILES string of the molecule is COc1cc(N2CCC(n3nc(N4CCCc5cc(-c6cc7nccn7cc6C(F)F)c(C(F)F)cc54)c4c3CCN(C(C)=O)C4)CC2)cc2c1C(=O)N(C1CCC(=O)NC1=O)C2.[HH]. The lowest BCUT2D eigenvalue weighted by molar-refractivity contribution is -0.137. The number of anilines is 3. The van der Waals surface area contributed by atoms with Crippen LogP contribution in [0.3, 0.4) is 0 Å². The highest BCUT2D eigenvalue weighted by Gasteiger charge is 2.42. The number of hydrogen-bond donors (Lipinski definition) is 1. The number of aromatic nitrogens is 4. The minimum atomic E-state index is -2.96. The summed E-state index contributed by atoms with van der Waals surface area (Å²) in [4.78, 5) is 62.5. The number of methoxy groups -OCH3 is 1. The highest BCUT2D eigenvalue weighted by Crippen LogP contribution is 2.46. The largest absolute Gasteiger partial charge is 0.496 e. The van der Waals surface area contributed by atoms with Gasteiger partial charge in [-0.15, -0.1) is 0 Å². The molecule has 63 heavy (non-hydrogen) atoms. The van der Waals surface area contributed by atoms with Gasteiger partial charge in [-0.25, -0.2) is 22.5 Å². The number of amides is 4. The molecule has 4 amide bonds. The minimum Gasteiger partial charge on any atom is -0.496 e. The van der Waals surface area contributed by atoms with Crippen molar-refractivity contribution in [1.82, 2.24) is 34.3 Å². The van der Waals surface area contributed by atoms with Crippen molar-refractivity contribution < 1.29 is 42.9 Å². The molecule has 0 radical (unpaired) electrons. The summed E-state index contributed by atoms with van der Waals surface area (Å²) in [5, 5.41) is 7.62. The van der Waals surface area contributed by atoms with Gasteiger partial charge >= 0.3 is 0 Å². The highest BCUT2D eigenvalue weighted by molar-refractivity contribution is 6.07. The molecule has 1 N–H and O–H groups in total. The number of carbonyl (C=O) groups excluding carboxylic acids is 4. The molecule has 330 valence electrons. The number of alkyl halides is 4. The summed E-state index contributed by atoms with van der Waals surface area (Å²) in [5.41, 5.74) is 4.92. The van der Waals surface area contributed by atoms with E-state index in [1.807, 2.05) is 17.0 Å². The summed E-state index contributed by atoms with van der Waals surface area (Å²) >= 11 is 0. The van der Waals surface area contributed by atoms with Crippen LogP contribution in [0.1, 0.15) is 103 Å². The van der Waals surface area contributed by atoms with Crippen LogP contribution in [0.25, 0.3) is 16.8 Å². The van der Waals surface area contributed by atoms with Crippen molar-refractivity contribution in [3.05, 3.63) is 88.0 Å². The van der Waals surface area contributed by atoms with Crippen molar-refractivity contribution in [1.29, 1.82) is 0 Å². The fourth-order valence-corrected chi connectivity index (χ4v) is 10.2. The molecule has 5 aliphatic rings. The molecule has 0 saturated carbocycles. The number of nitrogens with one attached hydrogen (secondary N) is 1. The second-order valence-corrected chi connectivity index (χ2v) is 16.9. The van der Waals surface area contributed by atoms with Gasteiger partial charge in [0.2, 0.25) is 17.7 Å². The number of fused-ring (bicyclic) bond motifs is 4. The van der Waals surface area contributed by atoms with Crippen LogP contribution in [0.15, 0.2) is 48.9 Å². The van der Waals surface area contributed by atoms with Crippen molar-refractivity contribution in [3.63, 3.8) is 0 Å². The van der Waals surface area contributed by atoms with Crippen LogP contribution in [-0.4, -0.2) is 91.9 Å². The summed E-state index contributed by atoms with van der Waals surface area (Å²) in [6, 6.07) is 7.57. The third kappa shape index (κ3) is 6.93. The number of benzene rings is 2. The zero-order valence-electron chi connectivity index (χ0n) is 34.8. The normalized spacial score (nSPS) is 19.3. The average molecular weight is 870 g/mol. The molecule has 18 heteroatoms. The summed E-state index contributed by atoms with van der Waals surface area (Å²) in [6.07, 6.45) is 2.02. The smallest absolute Gasteiger partial charge is 0.265 e. The van der Waals surface area contributed by atoms with Crippen molar-refractivity contribution in [2.24, 2.45) is 0 Å². The number of carbonyl (C=O) groups is 4. The summed E-state index contributed by atoms with van der Waals surface area (Å²) in [5.74, 6) is -0.186. The van der Waals surface area contributed by atoms with E-state index in [0.717, 1.165) is 28.1 Å². The molecule has 2 fully saturated rings. The Morgan fingerprint density at radius 2 is 1.67 bits per heavy atom. The van der Waals surface area contributed by atoms with Gasteiger partial charge < -0.3 is 28.7 Å². The molecule has 1 atom stereocenters. The zero-order chi connectivity index (χ0) is 43.8. The number of aryl methyl sites for hydroxylation is 1. The monoisotopic (exact) mass is 869 g/mol. The van der Waals surface area contributed by atoms with Gasteiger partial charge in [0.1, 0.15) is 17.4 Å². The number of pyridine rings is 1. The fourth-order valence-electron chi connectivity index (χ4n) is 10.2. The van der Waals surface area contributed by atoms with Crippen molar-refractivity contribution in [3.8, 4) is 16.9 Å². The molecule has 10 rings (SSSR count). The lowest BCUT2D eigenvalue weighted by atomic mass is 9.90. The van der Waals surface area contributed by atoms with Crippen LogP contribution in [0.5, 0.6) is 5.75 Å². The first-order valence-electron chi connectivity index (χ1n) is 21.3. The minimum absolute atomic E-state index is 0. The number of halogens is 4. The van der Waals surface area contributed by atoms with E-state index < -0.39 is 24.8 Å². The maximum absolute atomic E-state index is 15.1. The number of nitrogens with zero attached hydrogens (tertiary/aromatic N) is 8. The van der Waals surface area contributed by atoms with E-state index in [-0.39, 0.29) is 66.8 Å². The fraction of sp³-hybridized carbons (Fsp3) is 0.422. The Kier molecular flexibility index (Phi) is 10.1. The van der Waals surface area contributed by atoms with Crippen LogP contribution in [0.2, 0.25) is 0 Å². The summed E-state index contributed by atoms with van der Waals surface area (Å²) < 4.78 is 68.5. The van der Waals surface area contributed by atoms with E-state index in [2.05, 4.69) is 19.9 Å². The molecule has 3 aromatic heterocycles. The van der Waals surface area contributed by atoms with Gasteiger partial charge in [0.25, 0.3) is 18.8 Å². The number of hydrogen-bond acceptors (Lipinski definition) is 9. The van der Waals surface area contributed by atoms with Gasteiger partial charge in [0, 0.05) is 112 Å². The standard InChI is InChI=1S/C45H45F4N9O5.H2/c1-24(59)54-14-9-34-33(23-54)43(56-11-3-4-25-17-29(31(41(46)47)19-36(25)56)30-20-38-50-10-15-55(38)22-32(30)42(48)49)52-58(34)27-7-12-53(13-8-27)28-16-26-21-57(35-5-6-39(60)51-44(35)61)45(62)40(26)37(18-28)63-2;/h10,15-20,22,27,35,41-42H,3-9,11-14,21,23H2,1-2H3,(H,51,60,61);1H. The Morgan fingerprint density at radius 3 is 2.40 bits per heavy atom. The van der Waals surface area contributed by atoms with E-state index in [4.69, 9.17) is 9.84 Å². The van der Waals surface area contributed by atoms with Gasteiger partial charge in [0.05, 0.1) is 25.3 Å². The van der Waals surface area contributed by atoms with Crippen LogP contribution in [0, 0.1) is 0 Å². The number of piperidine rings is 2. The first-order valence-corrected chi connectivity index (χ1v) is 21.3. The predicted molar refractivity (Wildman–Crippen MR) is 225 cm³/mol. The Balaban J connectivity index is 0.00000518. The van der Waals surface area contributed by atoms with Crippen LogP contribution < -0.4 is 19.9 Å². The molecule has 0 spiro atoms. The number of ether oxygens (including phenoxy) is 1. The summed E-state index contributed by atoms with van der Waals surface area (Å²) in [6.45, 7) is 4.37. The second-order valence-electron chi connectivity index (χ2n) is 16.9. The lowest BCUT2D eigenvalue weighted by Gasteiger charge is -2.35. The molecular weight excluding hydrogens is 823 g/mol. The third-order valence-electron chi connectivity index (χ3n) is 13.4. The second kappa shape index (κ2) is 15.7. The van der Waals surface area contributed by atoms with Gasteiger partial charge in [0.15, 0.2) is 5.82 Å². The molecule has 0 aliphatic carbocycles. The quantitative estimate of drug-likeness (QED) is 0.130. The lowest BCUT2D eigenvalue weighted by Crippen LogP contribution is -2.52. The molecule has 8 heterocycles. The summed E-state index contributed by atoms with van der Waals surface area (Å²) in [7, 11) is 1.51. The third-order valence-corrected chi connectivity index (χ3v) is 13.4. The molecule has 1 unspecified atom stereocenters. The number of imide groups is 1. The average Bonchev–Trinajstić information content (AvgIpc) is 4.00. The van der Waals surface area contributed by atoms with E-state index in [1.165, 1.54) is 54.1 Å². The van der Waals surface area contributed by atoms with Gasteiger partial charge in [-0.2, -0.15) is 5.10 Å². The molecule has 2 saturated heterocycles. The topological polar surface area (TPSA) is 138 Å². The molecule has 5 aromatic rings. The van der Waals surface area contributed by atoms with Crippen molar-refractivity contribution in [2.45, 2.75) is 89.9 Å². The molecule has 2 aromatic carbocycles. The maximum Gasteiger partial charge on any atom is 0.265 e. The Hall–Kier alpha value is -6.46. The van der Waals surface area contributed by atoms with Gasteiger partial charge in [-0.1, -0.05) is 0 Å². The van der Waals surface area contributed by atoms with Gasteiger partial charge in [-0.05, 0) is 78.6 Å². The van der Waals surface area contributed by atoms with Gasteiger partial charge in [-0.3, -0.25) is 29.2 Å². The predicted octanol–water partition coefficient (Wildman–Crippen LogP) is 6.92. The van der Waals surface area contributed by atoms with Crippen molar-refractivity contribution >= 4 is 46.5 Å². The first kappa shape index (κ1) is 40.6. The van der Waals surface area contributed by atoms with E-state index in [1.54, 1.807) is 11.0 Å². The van der Waals surface area contributed by atoms with E-state index in [9.17, 15) is 28.0 Å². The number of rotatable bonds is 8. The van der Waals surface area contributed by atoms with E-state index >= 15 is 8.78 Å². The van der Waals surface area contributed by atoms with E-state index in [0.29, 0.717) is 93.3 Å². The molecule has 14 nitrogen and oxygen atoms in total. The molecule has 0 bridgehead atoms. The Morgan fingerprint density at radius 1 is 0.889 bits per heavy atom. The van der Waals surface area contributed by atoms with Crippen LogP contribution in [-0.2, 0) is 40.3 Å². The number of imidazole rings is 1. The zero-order valence-corrected chi connectivity index (χ0v) is 34.8. The first-order chi connectivity index (χ1) is 30.4.